The molecule has 25 heavy (non-hydrogen) atoms. The minimum atomic E-state index is -5.24. The molecule has 148 valence electrons. The van der Waals surface area contributed by atoms with E-state index in [0.717, 1.165) is 13.1 Å². The number of aliphatic imine (C=N–C) groups is 1. The molecule has 1 aliphatic rings. The smallest absolute Gasteiger partial charge is 0.357 e. The number of rotatable bonds is 7. The molecule has 0 saturated carbocycles. The molecule has 2 N–H and O–H groups in total. The molecule has 1 aliphatic heterocycles. The fraction of sp³-hybridized carbons (Fsp3) is 0.929. The first-order chi connectivity index (χ1) is 11.6. The zero-order chi connectivity index (χ0) is 19.1. The predicted octanol–water partition coefficient (Wildman–Crippen LogP) is 0.807. The van der Waals surface area contributed by atoms with Gasteiger partial charge in [0.05, 0.1) is 6.54 Å². The zero-order valence-electron chi connectivity index (χ0n) is 14.9. The Labute approximate surface area is 147 Å². The van der Waals surface area contributed by atoms with Gasteiger partial charge >= 0.3 is 15.5 Å². The van der Waals surface area contributed by atoms with Crippen LogP contribution in [0.1, 0.15) is 26.7 Å². The predicted molar refractivity (Wildman–Crippen MR) is 91.9 cm³/mol. The Morgan fingerprint density at radius 1 is 1.28 bits per heavy atom. The monoisotopic (exact) mass is 387 g/mol. The highest BCUT2D eigenvalue weighted by molar-refractivity contribution is 7.90. The fourth-order valence-electron chi connectivity index (χ4n) is 2.39. The molecule has 0 radical (unpaired) electrons. The van der Waals surface area contributed by atoms with E-state index in [1.165, 1.54) is 0 Å². The van der Waals surface area contributed by atoms with Gasteiger partial charge in [0, 0.05) is 32.2 Å². The second kappa shape index (κ2) is 9.58. The van der Waals surface area contributed by atoms with Crippen LogP contribution in [0.2, 0.25) is 0 Å². The van der Waals surface area contributed by atoms with E-state index in [9.17, 15) is 21.6 Å². The topological polar surface area (TPSA) is 77.0 Å². The van der Waals surface area contributed by atoms with Crippen LogP contribution in [-0.2, 0) is 10.0 Å². The van der Waals surface area contributed by atoms with Gasteiger partial charge in [-0.05, 0) is 33.4 Å². The van der Waals surface area contributed by atoms with Gasteiger partial charge in [-0.25, -0.2) is 8.42 Å². The summed E-state index contributed by atoms with van der Waals surface area (Å²) in [6.07, 6.45) is 0.600. The van der Waals surface area contributed by atoms with Gasteiger partial charge < -0.3 is 15.5 Å². The Kier molecular flexibility index (Phi) is 8.42. The summed E-state index contributed by atoms with van der Waals surface area (Å²) in [5.41, 5.74) is -5.24. The van der Waals surface area contributed by atoms with Crippen LogP contribution >= 0.6 is 0 Å². The lowest BCUT2D eigenvalue weighted by Gasteiger charge is -2.32. The summed E-state index contributed by atoms with van der Waals surface area (Å²) in [7, 11) is -3.24. The first kappa shape index (κ1) is 22.0. The van der Waals surface area contributed by atoms with Gasteiger partial charge in [-0.2, -0.15) is 17.5 Å². The first-order valence-electron chi connectivity index (χ1n) is 8.41. The summed E-state index contributed by atoms with van der Waals surface area (Å²) >= 11 is 0. The van der Waals surface area contributed by atoms with Gasteiger partial charge in [0.25, 0.3) is 0 Å². The Morgan fingerprint density at radius 3 is 2.36 bits per heavy atom. The van der Waals surface area contributed by atoms with Crippen molar-refractivity contribution in [1.82, 2.24) is 19.8 Å². The van der Waals surface area contributed by atoms with E-state index in [-0.39, 0.29) is 19.1 Å². The zero-order valence-corrected chi connectivity index (χ0v) is 15.8. The van der Waals surface area contributed by atoms with Gasteiger partial charge in [0.2, 0.25) is 0 Å². The molecule has 0 unspecified atom stereocenters. The van der Waals surface area contributed by atoms with Crippen molar-refractivity contribution in [1.29, 1.82) is 0 Å². The molecule has 0 aromatic heterocycles. The van der Waals surface area contributed by atoms with Crippen LogP contribution < -0.4 is 10.6 Å². The minimum Gasteiger partial charge on any atom is -0.357 e. The number of guanidine groups is 1. The second-order valence-electron chi connectivity index (χ2n) is 5.92. The van der Waals surface area contributed by atoms with Gasteiger partial charge in [-0.1, -0.05) is 6.92 Å². The van der Waals surface area contributed by atoms with Crippen molar-refractivity contribution in [2.45, 2.75) is 38.2 Å². The van der Waals surface area contributed by atoms with E-state index in [4.69, 9.17) is 0 Å². The number of hydrogen-bond acceptors (Lipinski definition) is 4. The second-order valence-corrected chi connectivity index (χ2v) is 7.85. The van der Waals surface area contributed by atoms with E-state index in [2.05, 4.69) is 27.4 Å². The summed E-state index contributed by atoms with van der Waals surface area (Å²) in [6.45, 7) is 6.65. The van der Waals surface area contributed by atoms with E-state index in [1.54, 1.807) is 0 Å². The summed E-state index contributed by atoms with van der Waals surface area (Å²) in [5, 5.41) is 6.27. The standard InChI is InChI=1S/C14H28F3N5O2S/c1-4-18-13(19-8-11-21(3)5-2)20-12-6-9-22(10-7-12)25(23,24)14(15,16)17/h12H,4-11H2,1-3H3,(H2,18,19,20). The number of nitrogens with zero attached hydrogens (tertiary/aromatic N) is 3. The first-order valence-corrected chi connectivity index (χ1v) is 9.85. The van der Waals surface area contributed by atoms with Crippen LogP contribution in [0.25, 0.3) is 0 Å². The molecular weight excluding hydrogens is 359 g/mol. The summed E-state index contributed by atoms with van der Waals surface area (Å²) in [4.78, 5) is 6.56. The molecule has 1 saturated heterocycles. The third kappa shape index (κ3) is 6.63. The number of sulfonamides is 1. The van der Waals surface area contributed by atoms with Crippen molar-refractivity contribution >= 4 is 16.0 Å². The lowest BCUT2D eigenvalue weighted by Crippen LogP contribution is -2.51. The van der Waals surface area contributed by atoms with E-state index >= 15 is 0 Å². The molecule has 1 fully saturated rings. The number of piperidine rings is 1. The molecule has 0 aromatic rings. The highest BCUT2D eigenvalue weighted by Gasteiger charge is 2.50. The highest BCUT2D eigenvalue weighted by atomic mass is 32.2. The average Bonchev–Trinajstić information content (AvgIpc) is 2.54. The van der Waals surface area contributed by atoms with Crippen LogP contribution in [0.3, 0.4) is 0 Å². The molecule has 7 nitrogen and oxygen atoms in total. The number of likely N-dealkylation sites (N-methyl/N-ethyl adjacent to an activating group) is 1. The van der Waals surface area contributed by atoms with Gasteiger partial charge in [-0.3, -0.25) is 4.99 Å². The van der Waals surface area contributed by atoms with E-state index in [0.29, 0.717) is 36.2 Å². The van der Waals surface area contributed by atoms with Crippen molar-refractivity contribution < 1.29 is 21.6 Å². The summed E-state index contributed by atoms with van der Waals surface area (Å²) in [6, 6.07) is -0.110. The molecule has 0 spiro atoms. The third-order valence-corrected chi connectivity index (χ3v) is 5.69. The molecule has 0 bridgehead atoms. The fourth-order valence-corrected chi connectivity index (χ4v) is 3.38. The van der Waals surface area contributed by atoms with Crippen LogP contribution in [0.5, 0.6) is 0 Å². The SMILES string of the molecule is CCNC(=NCCN(C)CC)NC1CCN(S(=O)(=O)C(F)(F)F)CC1. The molecular formula is C14H28F3N5O2S. The van der Waals surface area contributed by atoms with Crippen LogP contribution in [0.15, 0.2) is 4.99 Å². The van der Waals surface area contributed by atoms with Crippen molar-refractivity contribution in [3.8, 4) is 0 Å². The number of alkyl halides is 3. The van der Waals surface area contributed by atoms with Crippen molar-refractivity contribution in [2.24, 2.45) is 4.99 Å². The number of halogens is 3. The quantitative estimate of drug-likeness (QED) is 0.499. The highest BCUT2D eigenvalue weighted by Crippen LogP contribution is 2.28. The Bertz CT molecular complexity index is 531. The van der Waals surface area contributed by atoms with Crippen LogP contribution in [-0.4, -0.2) is 81.4 Å². The van der Waals surface area contributed by atoms with Gasteiger partial charge in [0.15, 0.2) is 5.96 Å². The summed E-state index contributed by atoms with van der Waals surface area (Å²) in [5.74, 6) is 0.601. The maximum absolute atomic E-state index is 12.6. The van der Waals surface area contributed by atoms with Crippen molar-refractivity contribution in [3.05, 3.63) is 0 Å². The van der Waals surface area contributed by atoms with E-state index < -0.39 is 15.5 Å². The van der Waals surface area contributed by atoms with Gasteiger partial charge in [0.1, 0.15) is 0 Å². The molecule has 0 amide bonds. The Morgan fingerprint density at radius 2 is 1.88 bits per heavy atom. The minimum absolute atomic E-state index is 0.110. The maximum atomic E-state index is 12.6. The third-order valence-electron chi connectivity index (χ3n) is 4.06. The lowest BCUT2D eigenvalue weighted by molar-refractivity contribution is -0.0494. The Balaban J connectivity index is 2.56. The van der Waals surface area contributed by atoms with Crippen molar-refractivity contribution in [3.63, 3.8) is 0 Å². The van der Waals surface area contributed by atoms with Crippen LogP contribution in [0, 0.1) is 0 Å². The van der Waals surface area contributed by atoms with E-state index in [1.807, 2.05) is 14.0 Å². The van der Waals surface area contributed by atoms with Crippen molar-refractivity contribution in [2.75, 3.05) is 46.3 Å². The Hall–Kier alpha value is -1.07. The average molecular weight is 387 g/mol. The maximum Gasteiger partial charge on any atom is 0.511 e. The molecule has 1 heterocycles. The largest absolute Gasteiger partial charge is 0.511 e. The molecule has 11 heteroatoms. The summed E-state index contributed by atoms with van der Waals surface area (Å²) < 4.78 is 61.1. The van der Waals surface area contributed by atoms with Gasteiger partial charge in [-0.15, -0.1) is 0 Å². The molecule has 0 aliphatic carbocycles. The number of hydrogen-bond donors (Lipinski definition) is 2. The number of nitrogens with one attached hydrogen (secondary N) is 2. The van der Waals surface area contributed by atoms with Crippen LogP contribution in [0.4, 0.5) is 13.2 Å². The molecule has 0 atom stereocenters. The molecule has 1 rings (SSSR count). The lowest BCUT2D eigenvalue weighted by atomic mass is 10.1. The molecule has 0 aromatic carbocycles. The normalized spacial score (nSPS) is 18.6.